The van der Waals surface area contributed by atoms with Gasteiger partial charge in [-0.3, -0.25) is 0 Å². The van der Waals surface area contributed by atoms with E-state index in [4.69, 9.17) is 0 Å². The number of fused-ring (bicyclic) bond motifs is 3. The fourth-order valence-corrected chi connectivity index (χ4v) is 6.11. The molecule has 0 unspecified atom stereocenters. The highest BCUT2D eigenvalue weighted by atomic mass is 15.1. The highest BCUT2D eigenvalue weighted by Gasteiger charge is 2.15. The zero-order valence-electron chi connectivity index (χ0n) is 24.8. The molecule has 0 aliphatic carbocycles. The van der Waals surface area contributed by atoms with Crippen LogP contribution in [0.1, 0.15) is 29.2 Å². The zero-order chi connectivity index (χ0) is 29.7. The van der Waals surface area contributed by atoms with Crippen LogP contribution in [-0.4, -0.2) is 4.57 Å². The van der Waals surface area contributed by atoms with E-state index in [1.54, 1.807) is 0 Å². The van der Waals surface area contributed by atoms with Crippen molar-refractivity contribution in [2.45, 2.75) is 13.5 Å². The molecule has 0 N–H and O–H groups in total. The molecule has 0 atom stereocenters. The molecule has 0 aliphatic rings. The van der Waals surface area contributed by atoms with Gasteiger partial charge in [0.1, 0.15) is 0 Å². The van der Waals surface area contributed by atoms with Crippen LogP contribution in [0.3, 0.4) is 0 Å². The summed E-state index contributed by atoms with van der Waals surface area (Å²) in [5.41, 5.74) is 10.6. The molecule has 212 valence electrons. The number of benzene rings is 6. The van der Waals surface area contributed by atoms with Crippen molar-refractivity contribution < 1.29 is 0 Å². The quantitative estimate of drug-likeness (QED) is 0.178. The number of anilines is 1. The lowest BCUT2D eigenvalue weighted by Gasteiger charge is -2.22. The first-order valence-electron chi connectivity index (χ1n) is 15.2. The fourth-order valence-electron chi connectivity index (χ4n) is 6.11. The Morgan fingerprint density at radius 1 is 0.477 bits per heavy atom. The van der Waals surface area contributed by atoms with Crippen molar-refractivity contribution in [1.29, 1.82) is 0 Å². The Kier molecular flexibility index (Phi) is 7.63. The number of rotatable bonds is 8. The largest absolute Gasteiger partial charge is 0.341 e. The maximum atomic E-state index is 2.41. The molecule has 0 bridgehead atoms. The Labute approximate surface area is 259 Å². The summed E-state index contributed by atoms with van der Waals surface area (Å²) in [5, 5.41) is 2.53. The second-order valence-corrected chi connectivity index (χ2v) is 10.9. The number of aromatic nitrogens is 1. The Morgan fingerprint density at radius 2 is 0.886 bits per heavy atom. The summed E-state index contributed by atoms with van der Waals surface area (Å²) in [7, 11) is 0. The predicted molar refractivity (Wildman–Crippen MR) is 188 cm³/mol. The molecule has 0 aliphatic heterocycles. The summed E-state index contributed by atoms with van der Waals surface area (Å²) in [5.74, 6) is 0. The Hall–Kier alpha value is -5.60. The fraction of sp³-hybridized carbons (Fsp3) is 0.0476. The third-order valence-corrected chi connectivity index (χ3v) is 8.25. The number of para-hydroxylation sites is 1. The third-order valence-electron chi connectivity index (χ3n) is 8.25. The van der Waals surface area contributed by atoms with Gasteiger partial charge in [0, 0.05) is 57.6 Å². The molecular formula is C42H34N2. The summed E-state index contributed by atoms with van der Waals surface area (Å²) in [6.45, 7) is 3.14. The van der Waals surface area contributed by atoms with Crippen LogP contribution >= 0.6 is 0 Å². The van der Waals surface area contributed by atoms with Crippen LogP contribution in [0.5, 0.6) is 0 Å². The Bertz CT molecular complexity index is 1890. The molecule has 44 heavy (non-hydrogen) atoms. The Morgan fingerprint density at radius 3 is 1.34 bits per heavy atom. The molecular weight excluding hydrogens is 532 g/mol. The smallest absolute Gasteiger partial charge is 0.0492 e. The molecule has 1 heterocycles. The van der Waals surface area contributed by atoms with Gasteiger partial charge < -0.3 is 9.47 Å². The predicted octanol–water partition coefficient (Wildman–Crippen LogP) is 10.8. The number of aryl methyl sites for hydroxylation is 1. The molecule has 0 saturated carbocycles. The van der Waals surface area contributed by atoms with Gasteiger partial charge in [-0.15, -0.1) is 0 Å². The lowest BCUT2D eigenvalue weighted by Crippen LogP contribution is -2.11. The first-order chi connectivity index (χ1) is 21.8. The standard InChI is InChI=1S/C42H34N2/c1-2-44-41-26-16-15-25-37(41)38-29-36(27-28-42(38)44)43(30-39(32-17-7-3-8-18-32)33-19-9-4-10-20-33)31-40(34-21-11-5-12-22-34)35-23-13-6-14-24-35/h3-31H,2H2,1H3. The van der Waals surface area contributed by atoms with Gasteiger partial charge in [0.2, 0.25) is 0 Å². The van der Waals surface area contributed by atoms with Crippen molar-refractivity contribution in [2.24, 2.45) is 0 Å². The molecule has 0 amide bonds. The van der Waals surface area contributed by atoms with E-state index < -0.39 is 0 Å². The highest BCUT2D eigenvalue weighted by molar-refractivity contribution is 6.09. The second kappa shape index (κ2) is 12.3. The van der Waals surface area contributed by atoms with Gasteiger partial charge >= 0.3 is 0 Å². The summed E-state index contributed by atoms with van der Waals surface area (Å²) in [6, 6.07) is 58.3. The molecule has 0 fully saturated rings. The van der Waals surface area contributed by atoms with Crippen molar-refractivity contribution >= 4 is 38.6 Å². The third kappa shape index (κ3) is 5.34. The molecule has 2 nitrogen and oxygen atoms in total. The van der Waals surface area contributed by atoms with Crippen molar-refractivity contribution in [3.63, 3.8) is 0 Å². The van der Waals surface area contributed by atoms with E-state index >= 15 is 0 Å². The van der Waals surface area contributed by atoms with Crippen LogP contribution in [0.4, 0.5) is 5.69 Å². The molecule has 0 spiro atoms. The number of hydrogen-bond donors (Lipinski definition) is 0. The van der Waals surface area contributed by atoms with Crippen LogP contribution in [0, 0.1) is 0 Å². The lowest BCUT2D eigenvalue weighted by atomic mass is 9.97. The normalized spacial score (nSPS) is 10.9. The molecule has 7 rings (SSSR count). The van der Waals surface area contributed by atoms with E-state index in [0.29, 0.717) is 0 Å². The van der Waals surface area contributed by atoms with E-state index in [0.717, 1.165) is 23.4 Å². The first-order valence-corrected chi connectivity index (χ1v) is 15.2. The van der Waals surface area contributed by atoms with Gasteiger partial charge in [-0.1, -0.05) is 140 Å². The van der Waals surface area contributed by atoms with E-state index in [-0.39, 0.29) is 0 Å². The molecule has 6 aromatic carbocycles. The minimum atomic E-state index is 0.922. The van der Waals surface area contributed by atoms with Crippen LogP contribution < -0.4 is 4.90 Å². The van der Waals surface area contributed by atoms with E-state index in [9.17, 15) is 0 Å². The average Bonchev–Trinajstić information content (AvgIpc) is 3.43. The van der Waals surface area contributed by atoms with Gasteiger partial charge in [-0.25, -0.2) is 0 Å². The van der Waals surface area contributed by atoms with Crippen LogP contribution in [0.2, 0.25) is 0 Å². The van der Waals surface area contributed by atoms with Crippen LogP contribution in [0.15, 0.2) is 176 Å². The number of hydrogen-bond acceptors (Lipinski definition) is 1. The van der Waals surface area contributed by atoms with E-state index in [1.807, 2.05) is 0 Å². The van der Waals surface area contributed by atoms with E-state index in [1.165, 1.54) is 44.1 Å². The van der Waals surface area contributed by atoms with E-state index in [2.05, 4.69) is 193 Å². The first kappa shape index (κ1) is 27.2. The van der Waals surface area contributed by atoms with Crippen molar-refractivity contribution in [3.05, 3.63) is 198 Å². The molecule has 2 heteroatoms. The summed E-state index contributed by atoms with van der Waals surface area (Å²) in [6.07, 6.45) is 4.58. The zero-order valence-corrected chi connectivity index (χ0v) is 24.8. The topological polar surface area (TPSA) is 8.17 Å². The summed E-state index contributed by atoms with van der Waals surface area (Å²) >= 11 is 0. The van der Waals surface area contributed by atoms with Crippen molar-refractivity contribution in [1.82, 2.24) is 4.57 Å². The maximum absolute atomic E-state index is 2.41. The van der Waals surface area contributed by atoms with Gasteiger partial charge in [0.25, 0.3) is 0 Å². The summed E-state index contributed by atoms with van der Waals surface area (Å²) in [4.78, 5) is 2.31. The maximum Gasteiger partial charge on any atom is 0.0492 e. The minimum absolute atomic E-state index is 0.922. The average molecular weight is 567 g/mol. The van der Waals surface area contributed by atoms with Gasteiger partial charge in [0.15, 0.2) is 0 Å². The second-order valence-electron chi connectivity index (χ2n) is 10.9. The van der Waals surface area contributed by atoms with Crippen molar-refractivity contribution in [3.8, 4) is 0 Å². The van der Waals surface area contributed by atoms with Crippen molar-refractivity contribution in [2.75, 3.05) is 4.90 Å². The van der Waals surface area contributed by atoms with Gasteiger partial charge in [-0.2, -0.15) is 0 Å². The Balaban J connectivity index is 1.51. The lowest BCUT2D eigenvalue weighted by molar-refractivity contribution is 0.827. The molecule has 0 radical (unpaired) electrons. The minimum Gasteiger partial charge on any atom is -0.341 e. The molecule has 7 aromatic rings. The SMILES string of the molecule is CCn1c2ccccc2c2cc(N(C=C(c3ccccc3)c3ccccc3)C=C(c3ccccc3)c3ccccc3)ccc21. The van der Waals surface area contributed by atoms with Gasteiger partial charge in [0.05, 0.1) is 0 Å². The highest BCUT2D eigenvalue weighted by Crippen LogP contribution is 2.35. The van der Waals surface area contributed by atoms with Crippen LogP contribution in [0.25, 0.3) is 33.0 Å². The van der Waals surface area contributed by atoms with Crippen LogP contribution in [-0.2, 0) is 6.54 Å². The summed E-state index contributed by atoms with van der Waals surface area (Å²) < 4.78 is 2.41. The number of nitrogens with zero attached hydrogens (tertiary/aromatic N) is 2. The molecule has 0 saturated heterocycles. The van der Waals surface area contributed by atoms with Gasteiger partial charge in [-0.05, 0) is 53.4 Å². The monoisotopic (exact) mass is 566 g/mol. The molecule has 1 aromatic heterocycles.